The van der Waals surface area contributed by atoms with Crippen LogP contribution in [0.4, 0.5) is 5.69 Å². The molecule has 3 aromatic rings. The maximum absolute atomic E-state index is 12.7. The Bertz CT molecular complexity index is 1180. The Morgan fingerprint density at radius 2 is 1.81 bits per heavy atom. The van der Waals surface area contributed by atoms with Crippen molar-refractivity contribution < 1.29 is 9.53 Å². The van der Waals surface area contributed by atoms with Crippen LogP contribution in [0, 0.1) is 39.0 Å². The third-order valence-electron chi connectivity index (χ3n) is 5.00. The normalized spacial score (nSPS) is 11.2. The van der Waals surface area contributed by atoms with Gasteiger partial charge in [0.15, 0.2) is 0 Å². The maximum atomic E-state index is 12.7. The van der Waals surface area contributed by atoms with E-state index in [0.717, 1.165) is 22.6 Å². The molecule has 0 spiro atoms. The van der Waals surface area contributed by atoms with Crippen LogP contribution in [-0.2, 0) is 4.79 Å². The number of aromatic nitrogens is 1. The molecule has 158 valence electrons. The van der Waals surface area contributed by atoms with Gasteiger partial charge in [-0.15, -0.1) is 0 Å². The van der Waals surface area contributed by atoms with E-state index >= 15 is 0 Å². The number of amides is 1. The average Bonchev–Trinajstić information content (AvgIpc) is 2.98. The fraction of sp³-hybridized carbons (Fsp3) is 0.231. The molecule has 1 aromatic heterocycles. The molecule has 0 radical (unpaired) electrons. The van der Waals surface area contributed by atoms with Crippen LogP contribution in [0.15, 0.2) is 54.1 Å². The molecule has 2 aromatic carbocycles. The van der Waals surface area contributed by atoms with Crippen molar-refractivity contribution in [1.29, 1.82) is 5.26 Å². The molecule has 0 saturated carbocycles. The molecule has 0 aliphatic heterocycles. The van der Waals surface area contributed by atoms with E-state index in [4.69, 9.17) is 4.74 Å². The maximum Gasteiger partial charge on any atom is 0.266 e. The summed E-state index contributed by atoms with van der Waals surface area (Å²) in [6.45, 7) is 10.6. The predicted octanol–water partition coefficient (Wildman–Crippen LogP) is 5.66. The average molecular weight is 414 g/mol. The van der Waals surface area contributed by atoms with Crippen molar-refractivity contribution in [1.82, 2.24) is 4.57 Å². The summed E-state index contributed by atoms with van der Waals surface area (Å²) in [7, 11) is 0. The molecule has 0 saturated heterocycles. The zero-order valence-electron chi connectivity index (χ0n) is 18.6. The molecular weight excluding hydrogens is 386 g/mol. The second-order valence-corrected chi connectivity index (χ2v) is 7.59. The van der Waals surface area contributed by atoms with Crippen molar-refractivity contribution in [2.75, 3.05) is 11.9 Å². The number of hydrogen-bond acceptors (Lipinski definition) is 3. The molecule has 0 unspecified atom stereocenters. The van der Waals surface area contributed by atoms with Gasteiger partial charge in [-0.05, 0) is 87.7 Å². The first-order valence-electron chi connectivity index (χ1n) is 10.3. The molecule has 0 aliphatic rings. The van der Waals surface area contributed by atoms with Crippen molar-refractivity contribution >= 4 is 17.7 Å². The van der Waals surface area contributed by atoms with E-state index in [9.17, 15) is 10.1 Å². The van der Waals surface area contributed by atoms with Gasteiger partial charge in [0, 0.05) is 28.8 Å². The van der Waals surface area contributed by atoms with Gasteiger partial charge in [0.1, 0.15) is 17.4 Å². The molecule has 5 heteroatoms. The minimum Gasteiger partial charge on any atom is -0.494 e. The number of anilines is 1. The summed E-state index contributed by atoms with van der Waals surface area (Å²) in [4.78, 5) is 12.7. The van der Waals surface area contributed by atoms with Gasteiger partial charge in [-0.2, -0.15) is 5.26 Å². The van der Waals surface area contributed by atoms with Crippen LogP contribution < -0.4 is 10.1 Å². The first kappa shape index (κ1) is 21.9. The molecule has 1 amide bonds. The van der Waals surface area contributed by atoms with Crippen molar-refractivity contribution in [3.05, 3.63) is 82.2 Å². The minimum atomic E-state index is -0.452. The molecular formula is C26H27N3O2. The smallest absolute Gasteiger partial charge is 0.266 e. The molecule has 0 fully saturated rings. The Hall–Kier alpha value is -3.78. The van der Waals surface area contributed by atoms with Crippen LogP contribution in [0.2, 0.25) is 0 Å². The lowest BCUT2D eigenvalue weighted by Crippen LogP contribution is -2.13. The highest BCUT2D eigenvalue weighted by Crippen LogP contribution is 2.25. The zero-order valence-corrected chi connectivity index (χ0v) is 18.6. The van der Waals surface area contributed by atoms with Gasteiger partial charge >= 0.3 is 0 Å². The molecule has 1 N–H and O–H groups in total. The van der Waals surface area contributed by atoms with Crippen molar-refractivity contribution in [2.24, 2.45) is 0 Å². The van der Waals surface area contributed by atoms with E-state index in [1.807, 2.05) is 39.0 Å². The van der Waals surface area contributed by atoms with E-state index in [1.54, 1.807) is 24.3 Å². The standard InChI is InChI=1S/C26H27N3O2/c1-6-31-25-9-7-8-23(15-25)28-26(30)22(16-27)14-21-13-19(4)29(20(21)5)24-11-17(2)10-18(3)12-24/h7-15H,6H2,1-5H3,(H,28,30)/b22-14+. The van der Waals surface area contributed by atoms with Gasteiger partial charge < -0.3 is 14.6 Å². The van der Waals surface area contributed by atoms with E-state index in [1.165, 1.54) is 11.1 Å². The SMILES string of the molecule is CCOc1cccc(NC(=O)/C(C#N)=C/c2cc(C)n(-c3cc(C)cc(C)c3)c2C)c1. The highest BCUT2D eigenvalue weighted by atomic mass is 16.5. The monoisotopic (exact) mass is 413 g/mol. The summed E-state index contributed by atoms with van der Waals surface area (Å²) in [5, 5.41) is 12.4. The number of hydrogen-bond donors (Lipinski definition) is 1. The highest BCUT2D eigenvalue weighted by Gasteiger charge is 2.14. The molecule has 0 atom stereocenters. The number of carbonyl (C=O) groups is 1. The fourth-order valence-corrected chi connectivity index (χ4v) is 3.74. The summed E-state index contributed by atoms with van der Waals surface area (Å²) in [5.41, 5.74) is 6.92. The first-order chi connectivity index (χ1) is 14.8. The molecule has 3 rings (SSSR count). The minimum absolute atomic E-state index is 0.0440. The number of ether oxygens (including phenoxy) is 1. The number of aryl methyl sites for hydroxylation is 3. The topological polar surface area (TPSA) is 67.0 Å². The van der Waals surface area contributed by atoms with Crippen molar-refractivity contribution in [2.45, 2.75) is 34.6 Å². The Labute approximate surface area is 183 Å². The second-order valence-electron chi connectivity index (χ2n) is 7.59. The van der Waals surface area contributed by atoms with Crippen LogP contribution >= 0.6 is 0 Å². The van der Waals surface area contributed by atoms with Gasteiger partial charge in [-0.3, -0.25) is 4.79 Å². The van der Waals surface area contributed by atoms with Gasteiger partial charge in [0.2, 0.25) is 0 Å². The zero-order chi connectivity index (χ0) is 22.5. The molecule has 5 nitrogen and oxygen atoms in total. The fourth-order valence-electron chi connectivity index (χ4n) is 3.74. The van der Waals surface area contributed by atoms with Crippen LogP contribution in [0.1, 0.15) is 35.0 Å². The van der Waals surface area contributed by atoms with E-state index in [2.05, 4.69) is 41.9 Å². The van der Waals surface area contributed by atoms with E-state index < -0.39 is 5.91 Å². The summed E-state index contributed by atoms with van der Waals surface area (Å²) in [6, 6.07) is 17.5. The number of nitrogens with one attached hydrogen (secondary N) is 1. The van der Waals surface area contributed by atoms with Gasteiger partial charge in [-0.1, -0.05) is 12.1 Å². The van der Waals surface area contributed by atoms with Gasteiger partial charge in [-0.25, -0.2) is 0 Å². The number of nitriles is 1. The van der Waals surface area contributed by atoms with Crippen LogP contribution in [0.3, 0.4) is 0 Å². The highest BCUT2D eigenvalue weighted by molar-refractivity contribution is 6.09. The summed E-state index contributed by atoms with van der Waals surface area (Å²) in [5.74, 6) is 0.215. The molecule has 0 aliphatic carbocycles. The number of benzene rings is 2. The Morgan fingerprint density at radius 3 is 2.45 bits per heavy atom. The summed E-state index contributed by atoms with van der Waals surface area (Å²) in [6.07, 6.45) is 1.64. The Morgan fingerprint density at radius 1 is 1.10 bits per heavy atom. The van der Waals surface area contributed by atoms with Gasteiger partial charge in [0.05, 0.1) is 6.61 Å². The lowest BCUT2D eigenvalue weighted by Gasteiger charge is -2.12. The predicted molar refractivity (Wildman–Crippen MR) is 125 cm³/mol. The van der Waals surface area contributed by atoms with Crippen LogP contribution in [-0.4, -0.2) is 17.1 Å². The third-order valence-corrected chi connectivity index (χ3v) is 5.00. The van der Waals surface area contributed by atoms with E-state index in [0.29, 0.717) is 18.0 Å². The third kappa shape index (κ3) is 5.04. The molecule has 31 heavy (non-hydrogen) atoms. The number of rotatable bonds is 6. The number of nitrogens with zero attached hydrogens (tertiary/aromatic N) is 2. The summed E-state index contributed by atoms with van der Waals surface area (Å²) >= 11 is 0. The van der Waals surface area contributed by atoms with Crippen molar-refractivity contribution in [3.8, 4) is 17.5 Å². The van der Waals surface area contributed by atoms with Crippen LogP contribution in [0.5, 0.6) is 5.75 Å². The largest absolute Gasteiger partial charge is 0.494 e. The lowest BCUT2D eigenvalue weighted by molar-refractivity contribution is -0.112. The number of carbonyl (C=O) groups excluding carboxylic acids is 1. The first-order valence-corrected chi connectivity index (χ1v) is 10.3. The van der Waals surface area contributed by atoms with Crippen LogP contribution in [0.25, 0.3) is 11.8 Å². The second kappa shape index (κ2) is 9.36. The Balaban J connectivity index is 1.91. The molecule has 0 bridgehead atoms. The molecule has 1 heterocycles. The Kier molecular flexibility index (Phi) is 6.61. The van der Waals surface area contributed by atoms with Gasteiger partial charge in [0.25, 0.3) is 5.91 Å². The van der Waals surface area contributed by atoms with Crippen molar-refractivity contribution in [3.63, 3.8) is 0 Å². The summed E-state index contributed by atoms with van der Waals surface area (Å²) < 4.78 is 7.61. The van der Waals surface area contributed by atoms with E-state index in [-0.39, 0.29) is 5.57 Å². The quantitative estimate of drug-likeness (QED) is 0.419. The lowest BCUT2D eigenvalue weighted by atomic mass is 10.1.